The van der Waals surface area contributed by atoms with Crippen molar-refractivity contribution in [3.63, 3.8) is 0 Å². The standard InChI is InChI=1S/C19H29N3O12S2/c20-36(30,31)8-3-1-7(2-4-8)21-19(35)22-17-14(28)13(27)16(10(6-24)32-17)34-18-15(29)12(26)11(25)9(5-23)33-18/h1-4,9-18,23-29H,5-6H2,(H2,20,30,31)(H2,21,22,35)/t9-,10-,11-,12+,13-,14-,15-,16-,17-,18-/m1/s1. The lowest BCUT2D eigenvalue weighted by molar-refractivity contribution is -0.342. The van der Waals surface area contributed by atoms with Gasteiger partial charge in [-0.25, -0.2) is 13.6 Å². The van der Waals surface area contributed by atoms with E-state index in [1.165, 1.54) is 24.3 Å². The van der Waals surface area contributed by atoms with Crippen LogP contribution in [0.1, 0.15) is 0 Å². The Morgan fingerprint density at radius 1 is 0.917 bits per heavy atom. The van der Waals surface area contributed by atoms with Crippen LogP contribution in [0.25, 0.3) is 0 Å². The summed E-state index contributed by atoms with van der Waals surface area (Å²) in [5.74, 6) is 0. The van der Waals surface area contributed by atoms with E-state index in [0.29, 0.717) is 5.69 Å². The Bertz CT molecular complexity index is 996. The van der Waals surface area contributed by atoms with Gasteiger partial charge in [-0.3, -0.25) is 0 Å². The fourth-order valence-electron chi connectivity index (χ4n) is 3.73. The lowest BCUT2D eigenvalue weighted by Gasteiger charge is -2.46. The highest BCUT2D eigenvalue weighted by Crippen LogP contribution is 2.28. The highest BCUT2D eigenvalue weighted by Gasteiger charge is 2.50. The van der Waals surface area contributed by atoms with E-state index in [4.69, 9.17) is 31.6 Å². The predicted octanol–water partition coefficient (Wildman–Crippen LogP) is -4.76. The van der Waals surface area contributed by atoms with Gasteiger partial charge in [0, 0.05) is 5.69 Å². The number of thiocarbonyl (C=S) groups is 1. The van der Waals surface area contributed by atoms with E-state index in [-0.39, 0.29) is 10.0 Å². The van der Waals surface area contributed by atoms with E-state index in [1.807, 2.05) is 0 Å². The van der Waals surface area contributed by atoms with Crippen LogP contribution in [-0.2, 0) is 24.2 Å². The molecule has 0 saturated carbocycles. The van der Waals surface area contributed by atoms with Gasteiger partial charge in [0.25, 0.3) is 0 Å². The average molecular weight is 556 g/mol. The van der Waals surface area contributed by atoms with Gasteiger partial charge in [0.05, 0.1) is 18.1 Å². The maximum Gasteiger partial charge on any atom is 0.238 e. The van der Waals surface area contributed by atoms with Gasteiger partial charge in [-0.1, -0.05) is 0 Å². The van der Waals surface area contributed by atoms with Crippen molar-refractivity contribution in [3.05, 3.63) is 24.3 Å². The Labute approximate surface area is 211 Å². The van der Waals surface area contributed by atoms with E-state index in [1.54, 1.807) is 0 Å². The van der Waals surface area contributed by atoms with E-state index >= 15 is 0 Å². The van der Waals surface area contributed by atoms with E-state index in [2.05, 4.69) is 10.6 Å². The van der Waals surface area contributed by atoms with Crippen LogP contribution in [0, 0.1) is 0 Å². The Hall–Kier alpha value is -1.58. The monoisotopic (exact) mass is 555 g/mol. The zero-order valence-corrected chi connectivity index (χ0v) is 20.2. The van der Waals surface area contributed by atoms with Gasteiger partial charge in [0.2, 0.25) is 10.0 Å². The summed E-state index contributed by atoms with van der Waals surface area (Å²) in [5.41, 5.74) is 0.369. The molecule has 0 amide bonds. The summed E-state index contributed by atoms with van der Waals surface area (Å²) in [7, 11) is -3.88. The third-order valence-electron chi connectivity index (χ3n) is 5.72. The molecule has 2 saturated heterocycles. The van der Waals surface area contributed by atoms with Crippen molar-refractivity contribution in [1.29, 1.82) is 0 Å². The second kappa shape index (κ2) is 11.9. The summed E-state index contributed by atoms with van der Waals surface area (Å²) in [5, 5.41) is 80.5. The summed E-state index contributed by atoms with van der Waals surface area (Å²) in [4.78, 5) is -0.114. The predicted molar refractivity (Wildman–Crippen MR) is 124 cm³/mol. The number of benzene rings is 1. The number of hydrogen-bond acceptors (Lipinski definition) is 13. The van der Waals surface area contributed by atoms with Crippen LogP contribution < -0.4 is 15.8 Å². The van der Waals surface area contributed by atoms with Crippen molar-refractivity contribution in [2.24, 2.45) is 5.14 Å². The summed E-state index contributed by atoms with van der Waals surface area (Å²) in [6, 6.07) is 5.28. The lowest BCUT2D eigenvalue weighted by Crippen LogP contribution is -2.66. The summed E-state index contributed by atoms with van der Waals surface area (Å²) in [6.45, 7) is -1.42. The van der Waals surface area contributed by atoms with Gasteiger partial charge in [-0.05, 0) is 36.5 Å². The van der Waals surface area contributed by atoms with Gasteiger partial charge in [0.15, 0.2) is 17.6 Å². The second-order valence-corrected chi connectivity index (χ2v) is 10.2. The molecule has 1 aromatic rings. The molecule has 1 aromatic carbocycles. The number of sulfonamides is 1. The first-order chi connectivity index (χ1) is 16.9. The molecule has 11 N–H and O–H groups in total. The second-order valence-electron chi connectivity index (χ2n) is 8.22. The number of nitrogens with one attached hydrogen (secondary N) is 2. The van der Waals surface area contributed by atoms with Crippen molar-refractivity contribution < 1.29 is 58.4 Å². The molecule has 3 rings (SSSR count). The zero-order valence-electron chi connectivity index (χ0n) is 18.6. The molecule has 2 aliphatic heterocycles. The lowest BCUT2D eigenvalue weighted by atomic mass is 9.96. The molecule has 204 valence electrons. The zero-order chi connectivity index (χ0) is 26.8. The molecular weight excluding hydrogens is 526 g/mol. The number of anilines is 1. The SMILES string of the molecule is NS(=O)(=O)c1ccc(NC(=S)N[C@@H]2O[C@H](CO)[C@@H](O[C@H]3O[C@H](CO)[C@@H](O)[C@H](O)[C@H]3O)[C@H](O)[C@H]2O)cc1. The number of nitrogens with two attached hydrogens (primary N) is 1. The fourth-order valence-corrected chi connectivity index (χ4v) is 4.48. The fraction of sp³-hybridized carbons (Fsp3) is 0.632. The van der Waals surface area contributed by atoms with E-state index < -0.39 is 84.6 Å². The molecule has 2 aliphatic rings. The van der Waals surface area contributed by atoms with Crippen molar-refractivity contribution in [3.8, 4) is 0 Å². The largest absolute Gasteiger partial charge is 0.394 e. The molecule has 17 heteroatoms. The molecule has 36 heavy (non-hydrogen) atoms. The van der Waals surface area contributed by atoms with Crippen LogP contribution in [0.15, 0.2) is 29.2 Å². The molecule has 0 radical (unpaired) electrons. The van der Waals surface area contributed by atoms with Crippen LogP contribution in [-0.4, -0.2) is 124 Å². The average Bonchev–Trinajstić information content (AvgIpc) is 2.83. The van der Waals surface area contributed by atoms with Crippen LogP contribution >= 0.6 is 12.2 Å². The minimum Gasteiger partial charge on any atom is -0.394 e. The van der Waals surface area contributed by atoms with Crippen molar-refractivity contribution >= 4 is 33.0 Å². The van der Waals surface area contributed by atoms with Crippen molar-refractivity contribution in [2.45, 2.75) is 66.2 Å². The highest BCUT2D eigenvalue weighted by molar-refractivity contribution is 7.89. The molecule has 0 aromatic heterocycles. The molecule has 0 bridgehead atoms. The Balaban J connectivity index is 1.64. The minimum absolute atomic E-state index is 0.0837. The topological polar surface area (TPSA) is 254 Å². The van der Waals surface area contributed by atoms with Crippen LogP contribution in [0.4, 0.5) is 5.69 Å². The minimum atomic E-state index is -3.88. The molecule has 2 fully saturated rings. The van der Waals surface area contributed by atoms with Gasteiger partial charge < -0.3 is 60.6 Å². The summed E-state index contributed by atoms with van der Waals surface area (Å²) in [6.07, 6.45) is -15.5. The highest BCUT2D eigenvalue weighted by atomic mass is 32.2. The molecule has 0 aliphatic carbocycles. The van der Waals surface area contributed by atoms with Gasteiger partial charge in [0.1, 0.15) is 48.8 Å². The Kier molecular flexibility index (Phi) is 9.55. The van der Waals surface area contributed by atoms with Crippen LogP contribution in [0.5, 0.6) is 0 Å². The first-order valence-electron chi connectivity index (χ1n) is 10.7. The third-order valence-corrected chi connectivity index (χ3v) is 6.87. The molecular formula is C19H29N3O12S2. The third kappa shape index (κ3) is 6.45. The maximum atomic E-state index is 11.4. The van der Waals surface area contributed by atoms with Crippen LogP contribution in [0.3, 0.4) is 0 Å². The molecule has 0 spiro atoms. The number of rotatable bonds is 7. The molecule has 15 nitrogen and oxygen atoms in total. The van der Waals surface area contributed by atoms with Gasteiger partial charge >= 0.3 is 0 Å². The Morgan fingerprint density at radius 3 is 2.08 bits per heavy atom. The Morgan fingerprint density at radius 2 is 1.53 bits per heavy atom. The summed E-state index contributed by atoms with van der Waals surface area (Å²) >= 11 is 5.16. The van der Waals surface area contributed by atoms with E-state index in [0.717, 1.165) is 0 Å². The molecule has 2 heterocycles. The quantitative estimate of drug-likeness (QED) is 0.142. The number of aliphatic hydroxyl groups is 7. The van der Waals surface area contributed by atoms with Crippen molar-refractivity contribution in [1.82, 2.24) is 5.32 Å². The molecule has 0 unspecified atom stereocenters. The number of hydrogen-bond donors (Lipinski definition) is 10. The smallest absolute Gasteiger partial charge is 0.238 e. The van der Waals surface area contributed by atoms with Crippen molar-refractivity contribution in [2.75, 3.05) is 18.5 Å². The van der Waals surface area contributed by atoms with E-state index in [9.17, 15) is 44.2 Å². The van der Waals surface area contributed by atoms with Gasteiger partial charge in [-0.15, -0.1) is 0 Å². The number of primary sulfonamides is 1. The van der Waals surface area contributed by atoms with Crippen LogP contribution in [0.2, 0.25) is 0 Å². The number of aliphatic hydroxyl groups excluding tert-OH is 7. The number of ether oxygens (including phenoxy) is 3. The van der Waals surface area contributed by atoms with Gasteiger partial charge in [-0.2, -0.15) is 0 Å². The first kappa shape index (κ1) is 29.0. The normalized spacial score (nSPS) is 37.3. The maximum absolute atomic E-state index is 11.4. The molecule has 10 atom stereocenters. The first-order valence-corrected chi connectivity index (χ1v) is 12.6. The summed E-state index contributed by atoms with van der Waals surface area (Å²) < 4.78 is 39.0.